The normalized spacial score (nSPS) is 13.0. The molecule has 0 aliphatic rings. The highest BCUT2D eigenvalue weighted by atomic mass is 16.6. The Balaban J connectivity index is 4.01. The monoisotopic (exact) mass is 314 g/mol. The molecule has 0 aromatic heterocycles. The van der Waals surface area contributed by atoms with Crippen LogP contribution in [0.3, 0.4) is 0 Å². The third kappa shape index (κ3) is 11.8. The van der Waals surface area contributed by atoms with Crippen molar-refractivity contribution in [2.45, 2.75) is 91.7 Å². The lowest BCUT2D eigenvalue weighted by Gasteiger charge is -2.27. The van der Waals surface area contributed by atoms with E-state index in [0.717, 1.165) is 19.5 Å². The third-order valence-corrected chi connectivity index (χ3v) is 3.51. The van der Waals surface area contributed by atoms with Crippen LogP contribution in [0.2, 0.25) is 0 Å². The highest BCUT2D eigenvalue weighted by Gasteiger charge is 2.21. The molecule has 0 saturated heterocycles. The van der Waals surface area contributed by atoms with Crippen molar-refractivity contribution >= 4 is 6.09 Å². The molecule has 22 heavy (non-hydrogen) atoms. The fourth-order valence-electron chi connectivity index (χ4n) is 2.32. The first-order chi connectivity index (χ1) is 10.3. The Kier molecular flexibility index (Phi) is 11.3. The maximum absolute atomic E-state index is 12.1. The highest BCUT2D eigenvalue weighted by molar-refractivity contribution is 5.68. The molecule has 132 valence electrons. The van der Waals surface area contributed by atoms with Crippen molar-refractivity contribution in [2.75, 3.05) is 19.6 Å². The van der Waals surface area contributed by atoms with E-state index in [1.54, 1.807) is 0 Å². The first kappa shape index (κ1) is 21.2. The van der Waals surface area contributed by atoms with E-state index in [2.05, 4.69) is 26.1 Å². The molecule has 0 bridgehead atoms. The lowest BCUT2D eigenvalue weighted by Crippen LogP contribution is -2.42. The average molecular weight is 315 g/mol. The fourth-order valence-corrected chi connectivity index (χ4v) is 2.32. The summed E-state index contributed by atoms with van der Waals surface area (Å²) in [6, 6.07) is 0.513. The van der Waals surface area contributed by atoms with Gasteiger partial charge in [-0.15, -0.1) is 0 Å². The topological polar surface area (TPSA) is 41.6 Å². The fraction of sp³-hybridized carbons (Fsp3) is 0.944. The number of unbranched alkanes of at least 4 members (excludes halogenated alkanes) is 3. The summed E-state index contributed by atoms with van der Waals surface area (Å²) < 4.78 is 5.46. The molecule has 0 heterocycles. The Morgan fingerprint density at radius 2 is 1.77 bits per heavy atom. The van der Waals surface area contributed by atoms with Gasteiger partial charge in [-0.3, -0.25) is 0 Å². The van der Waals surface area contributed by atoms with Crippen LogP contribution in [0.1, 0.15) is 80.1 Å². The number of amides is 1. The zero-order valence-electron chi connectivity index (χ0n) is 15.7. The van der Waals surface area contributed by atoms with Crippen LogP contribution >= 0.6 is 0 Å². The molecule has 0 aromatic carbocycles. The summed E-state index contributed by atoms with van der Waals surface area (Å²) in [5.41, 5.74) is -0.428. The summed E-state index contributed by atoms with van der Waals surface area (Å²) >= 11 is 0. The quantitative estimate of drug-likeness (QED) is 0.567. The van der Waals surface area contributed by atoms with Gasteiger partial charge in [-0.05, 0) is 40.5 Å². The zero-order valence-corrected chi connectivity index (χ0v) is 15.7. The zero-order chi connectivity index (χ0) is 17.0. The lowest BCUT2D eigenvalue weighted by molar-refractivity contribution is 0.0250. The van der Waals surface area contributed by atoms with Crippen LogP contribution in [0.4, 0.5) is 4.79 Å². The van der Waals surface area contributed by atoms with E-state index in [4.69, 9.17) is 4.74 Å². The van der Waals surface area contributed by atoms with Crippen LogP contribution in [0.5, 0.6) is 0 Å². The summed E-state index contributed by atoms with van der Waals surface area (Å²) in [5, 5.41) is 3.52. The molecule has 1 N–H and O–H groups in total. The minimum Gasteiger partial charge on any atom is -0.444 e. The first-order valence-corrected chi connectivity index (χ1v) is 9.01. The number of hydrogen-bond donors (Lipinski definition) is 1. The van der Waals surface area contributed by atoms with Crippen molar-refractivity contribution in [1.82, 2.24) is 10.2 Å². The summed E-state index contributed by atoms with van der Waals surface area (Å²) in [7, 11) is 0. The summed E-state index contributed by atoms with van der Waals surface area (Å²) in [6.45, 7) is 14.6. The third-order valence-electron chi connectivity index (χ3n) is 3.51. The van der Waals surface area contributed by atoms with Crippen LogP contribution < -0.4 is 5.32 Å². The van der Waals surface area contributed by atoms with Crippen LogP contribution in [-0.4, -0.2) is 42.3 Å². The average Bonchev–Trinajstić information content (AvgIpc) is 2.40. The van der Waals surface area contributed by atoms with Crippen LogP contribution in [0, 0.1) is 0 Å². The summed E-state index contributed by atoms with van der Waals surface area (Å²) in [6.07, 6.45) is 7.17. The molecule has 0 aromatic rings. The number of carbonyl (C=O) groups is 1. The number of nitrogens with one attached hydrogen (secondary N) is 1. The molecule has 0 spiro atoms. The minimum atomic E-state index is -0.428. The molecule has 0 rings (SSSR count). The Hall–Kier alpha value is -0.770. The predicted octanol–water partition coefficient (Wildman–Crippen LogP) is 4.58. The van der Waals surface area contributed by atoms with Crippen LogP contribution in [-0.2, 0) is 4.74 Å². The molecule has 1 atom stereocenters. The molecular weight excluding hydrogens is 276 g/mol. The molecule has 0 aliphatic heterocycles. The summed E-state index contributed by atoms with van der Waals surface area (Å²) in [4.78, 5) is 14.0. The van der Waals surface area contributed by atoms with E-state index in [9.17, 15) is 4.79 Å². The van der Waals surface area contributed by atoms with Crippen molar-refractivity contribution in [3.63, 3.8) is 0 Å². The Bertz CT molecular complexity index is 287. The minimum absolute atomic E-state index is 0.202. The summed E-state index contributed by atoms with van der Waals surface area (Å²) in [5.74, 6) is 0. The van der Waals surface area contributed by atoms with Gasteiger partial charge in [0.05, 0.1) is 0 Å². The van der Waals surface area contributed by atoms with E-state index in [0.29, 0.717) is 12.6 Å². The maximum atomic E-state index is 12.1. The van der Waals surface area contributed by atoms with Crippen molar-refractivity contribution in [1.29, 1.82) is 0 Å². The van der Waals surface area contributed by atoms with Crippen LogP contribution in [0.25, 0.3) is 0 Å². The highest BCUT2D eigenvalue weighted by Crippen LogP contribution is 2.10. The molecule has 4 heteroatoms. The molecular formula is C18H38N2O2. The van der Waals surface area contributed by atoms with Gasteiger partial charge >= 0.3 is 6.09 Å². The molecule has 4 nitrogen and oxygen atoms in total. The van der Waals surface area contributed by atoms with Crippen molar-refractivity contribution in [3.8, 4) is 0 Å². The number of rotatable bonds is 11. The van der Waals surface area contributed by atoms with Crippen molar-refractivity contribution < 1.29 is 9.53 Å². The van der Waals surface area contributed by atoms with Gasteiger partial charge in [0.15, 0.2) is 0 Å². The van der Waals surface area contributed by atoms with Gasteiger partial charge in [-0.2, -0.15) is 0 Å². The van der Waals surface area contributed by atoms with Gasteiger partial charge in [0, 0.05) is 25.7 Å². The number of ether oxygens (including phenoxy) is 1. The Morgan fingerprint density at radius 1 is 1.09 bits per heavy atom. The molecule has 0 radical (unpaired) electrons. The number of hydrogen-bond acceptors (Lipinski definition) is 3. The van der Waals surface area contributed by atoms with E-state index < -0.39 is 5.60 Å². The second-order valence-corrected chi connectivity index (χ2v) is 7.17. The Labute approximate surface area is 138 Å². The largest absolute Gasteiger partial charge is 0.444 e. The predicted molar refractivity (Wildman–Crippen MR) is 94.3 cm³/mol. The number of carbonyl (C=O) groups excluding carboxylic acids is 1. The Morgan fingerprint density at radius 3 is 2.32 bits per heavy atom. The smallest absolute Gasteiger partial charge is 0.410 e. The number of nitrogens with zero attached hydrogens (tertiary/aromatic N) is 1. The second-order valence-electron chi connectivity index (χ2n) is 7.17. The van der Waals surface area contributed by atoms with Gasteiger partial charge in [0.1, 0.15) is 5.60 Å². The molecule has 1 amide bonds. The molecule has 0 saturated carbocycles. The van der Waals surface area contributed by atoms with Gasteiger partial charge in [-0.25, -0.2) is 4.79 Å². The standard InChI is InChI=1S/C18H38N2O2/c1-7-9-10-11-12-16(3)19-13-15-20(14-8-2)17(21)22-18(4,5)6/h16,19H,7-15H2,1-6H3. The van der Waals surface area contributed by atoms with Gasteiger partial charge in [0.2, 0.25) is 0 Å². The van der Waals surface area contributed by atoms with E-state index in [1.165, 1.54) is 32.1 Å². The van der Waals surface area contributed by atoms with Gasteiger partial charge in [0.25, 0.3) is 0 Å². The maximum Gasteiger partial charge on any atom is 0.410 e. The lowest BCUT2D eigenvalue weighted by atomic mass is 10.1. The van der Waals surface area contributed by atoms with Crippen LogP contribution in [0.15, 0.2) is 0 Å². The second kappa shape index (κ2) is 11.8. The first-order valence-electron chi connectivity index (χ1n) is 9.01. The van der Waals surface area contributed by atoms with Gasteiger partial charge in [-0.1, -0.05) is 39.5 Å². The molecule has 1 unspecified atom stereocenters. The van der Waals surface area contributed by atoms with Gasteiger partial charge < -0.3 is 15.0 Å². The molecule has 0 aliphatic carbocycles. The van der Waals surface area contributed by atoms with Crippen molar-refractivity contribution in [3.05, 3.63) is 0 Å². The van der Waals surface area contributed by atoms with E-state index >= 15 is 0 Å². The molecule has 0 fully saturated rings. The SMILES string of the molecule is CCCCCCC(C)NCCN(CCC)C(=O)OC(C)(C)C. The van der Waals surface area contributed by atoms with Crippen molar-refractivity contribution in [2.24, 2.45) is 0 Å². The van der Waals surface area contributed by atoms with E-state index in [1.807, 2.05) is 25.7 Å². The van der Waals surface area contributed by atoms with E-state index in [-0.39, 0.29) is 6.09 Å².